The second kappa shape index (κ2) is 7.47. The van der Waals surface area contributed by atoms with Crippen LogP contribution in [0.4, 0.5) is 0 Å². The Bertz CT molecular complexity index is 646. The van der Waals surface area contributed by atoms with Crippen LogP contribution >= 0.6 is 11.3 Å². The first kappa shape index (κ1) is 19.6. The molecule has 26 heavy (non-hydrogen) atoms. The van der Waals surface area contributed by atoms with Crippen molar-refractivity contribution in [2.45, 2.75) is 71.9 Å². The lowest BCUT2D eigenvalue weighted by molar-refractivity contribution is -0.106. The molecule has 146 valence electrons. The lowest BCUT2D eigenvalue weighted by Gasteiger charge is -2.54. The molecule has 1 saturated carbocycles. The first-order chi connectivity index (χ1) is 12.2. The highest BCUT2D eigenvalue weighted by molar-refractivity contribution is 7.09. The van der Waals surface area contributed by atoms with E-state index in [0.717, 1.165) is 38.5 Å². The van der Waals surface area contributed by atoms with Crippen molar-refractivity contribution in [3.8, 4) is 0 Å². The van der Waals surface area contributed by atoms with Crippen molar-refractivity contribution in [1.29, 1.82) is 0 Å². The van der Waals surface area contributed by atoms with Gasteiger partial charge in [-0.2, -0.15) is 0 Å². The van der Waals surface area contributed by atoms with E-state index in [4.69, 9.17) is 14.7 Å². The smallest absolute Gasteiger partial charge is 0.191 e. The molecular formula is C20H34N4OS. The number of guanidine groups is 1. The second-order valence-corrected chi connectivity index (χ2v) is 10.0. The Morgan fingerprint density at radius 2 is 2.19 bits per heavy atom. The van der Waals surface area contributed by atoms with Crippen molar-refractivity contribution < 1.29 is 4.74 Å². The van der Waals surface area contributed by atoms with Gasteiger partial charge >= 0.3 is 0 Å². The van der Waals surface area contributed by atoms with Gasteiger partial charge in [-0.3, -0.25) is 4.99 Å². The van der Waals surface area contributed by atoms with Gasteiger partial charge in [0.05, 0.1) is 16.8 Å². The average molecular weight is 379 g/mol. The number of thiazole rings is 1. The van der Waals surface area contributed by atoms with E-state index in [-0.39, 0.29) is 10.8 Å². The summed E-state index contributed by atoms with van der Waals surface area (Å²) < 4.78 is 5.90. The molecule has 3 rings (SSSR count). The Morgan fingerprint density at radius 1 is 1.42 bits per heavy atom. The first-order valence-electron chi connectivity index (χ1n) is 9.85. The van der Waals surface area contributed by atoms with Crippen molar-refractivity contribution in [3.05, 3.63) is 16.1 Å². The van der Waals surface area contributed by atoms with Crippen molar-refractivity contribution in [1.82, 2.24) is 15.6 Å². The summed E-state index contributed by atoms with van der Waals surface area (Å²) in [6, 6.07) is 0.431. The summed E-state index contributed by atoms with van der Waals surface area (Å²) in [4.78, 5) is 9.57. The molecule has 6 heteroatoms. The maximum absolute atomic E-state index is 5.90. The van der Waals surface area contributed by atoms with Gasteiger partial charge in [-0.25, -0.2) is 4.98 Å². The molecule has 0 amide bonds. The number of ether oxygens (including phenoxy) is 1. The summed E-state index contributed by atoms with van der Waals surface area (Å²) in [6.07, 6.45) is 2.44. The number of fused-ring (bicyclic) bond motifs is 1. The molecule has 1 aromatic rings. The number of hydrogen-bond acceptors (Lipinski definition) is 4. The van der Waals surface area contributed by atoms with Crippen LogP contribution in [0.15, 0.2) is 10.4 Å². The van der Waals surface area contributed by atoms with Gasteiger partial charge in [0.2, 0.25) is 0 Å². The Balaban J connectivity index is 1.58. The minimum absolute atomic E-state index is 0.115. The van der Waals surface area contributed by atoms with Crippen LogP contribution in [0.25, 0.3) is 0 Å². The molecule has 3 atom stereocenters. The monoisotopic (exact) mass is 378 g/mol. The van der Waals surface area contributed by atoms with Gasteiger partial charge in [0, 0.05) is 54.3 Å². The van der Waals surface area contributed by atoms with Crippen LogP contribution in [0.3, 0.4) is 0 Å². The van der Waals surface area contributed by atoms with E-state index in [1.807, 2.05) is 0 Å². The first-order valence-corrected chi connectivity index (χ1v) is 10.7. The molecule has 0 spiro atoms. The van der Waals surface area contributed by atoms with Gasteiger partial charge in [-0.15, -0.1) is 11.3 Å². The Kier molecular flexibility index (Phi) is 5.63. The van der Waals surface area contributed by atoms with E-state index >= 15 is 0 Å². The second-order valence-electron chi connectivity index (χ2n) is 9.07. The zero-order chi connectivity index (χ0) is 18.9. The van der Waals surface area contributed by atoms with Gasteiger partial charge in [0.15, 0.2) is 5.96 Å². The lowest BCUT2D eigenvalue weighted by Crippen LogP contribution is -2.68. The van der Waals surface area contributed by atoms with Gasteiger partial charge < -0.3 is 15.4 Å². The molecule has 5 nitrogen and oxygen atoms in total. The number of aromatic nitrogens is 1. The van der Waals surface area contributed by atoms with E-state index in [1.165, 1.54) is 10.7 Å². The molecule has 1 saturated heterocycles. The topological polar surface area (TPSA) is 58.5 Å². The Hall–Kier alpha value is -1.14. The van der Waals surface area contributed by atoms with Crippen LogP contribution in [0.1, 0.15) is 58.7 Å². The minimum Gasteiger partial charge on any atom is -0.377 e. The molecule has 0 aromatic carbocycles. The maximum atomic E-state index is 5.90. The standard InChI is InChI=1S/C20H34N4OS/c1-7-21-18(24-16-13-9-11-25-17(13)20(16,5)6)22-10-8-15-23-14(12-26-15)19(2,3)4/h12-13,16-17H,7-11H2,1-6H3,(H2,21,22,24). The van der Waals surface area contributed by atoms with Gasteiger partial charge in [0.1, 0.15) is 0 Å². The number of aliphatic imine (C=N–C) groups is 1. The zero-order valence-corrected chi connectivity index (χ0v) is 17.9. The molecule has 2 N–H and O–H groups in total. The summed E-state index contributed by atoms with van der Waals surface area (Å²) in [7, 11) is 0. The van der Waals surface area contributed by atoms with Crippen LogP contribution in [-0.4, -0.2) is 42.8 Å². The zero-order valence-electron chi connectivity index (χ0n) is 17.1. The van der Waals surface area contributed by atoms with Crippen molar-refractivity contribution in [2.75, 3.05) is 19.7 Å². The highest BCUT2D eigenvalue weighted by Gasteiger charge is 2.59. The molecule has 1 aliphatic carbocycles. The van der Waals surface area contributed by atoms with Crippen LogP contribution in [0.2, 0.25) is 0 Å². The summed E-state index contributed by atoms with van der Waals surface area (Å²) >= 11 is 1.75. The number of rotatable bonds is 5. The van der Waals surface area contributed by atoms with Crippen LogP contribution in [-0.2, 0) is 16.6 Å². The summed E-state index contributed by atoms with van der Waals surface area (Å²) in [5.41, 5.74) is 1.45. The van der Waals surface area contributed by atoms with Crippen molar-refractivity contribution in [3.63, 3.8) is 0 Å². The molecule has 2 fully saturated rings. The fourth-order valence-corrected chi connectivity index (χ4v) is 5.13. The van der Waals surface area contributed by atoms with Gasteiger partial charge in [0.25, 0.3) is 0 Å². The predicted octanol–water partition coefficient (Wildman–Crippen LogP) is 3.35. The average Bonchev–Trinajstić information content (AvgIpc) is 3.20. The number of nitrogens with zero attached hydrogens (tertiary/aromatic N) is 2. The summed E-state index contributed by atoms with van der Waals surface area (Å²) in [5, 5.41) is 10.4. The molecule has 3 unspecified atom stereocenters. The molecule has 2 aliphatic rings. The lowest BCUT2D eigenvalue weighted by atomic mass is 9.57. The quantitative estimate of drug-likeness (QED) is 0.609. The third kappa shape index (κ3) is 3.91. The number of hydrogen-bond donors (Lipinski definition) is 2. The Morgan fingerprint density at radius 3 is 2.85 bits per heavy atom. The largest absolute Gasteiger partial charge is 0.377 e. The third-order valence-corrected chi connectivity index (χ3v) is 6.56. The van der Waals surface area contributed by atoms with E-state index in [0.29, 0.717) is 18.1 Å². The highest BCUT2D eigenvalue weighted by atomic mass is 32.1. The SMILES string of the molecule is CCNC(=NCCc1nc(C(C)(C)C)cs1)NC1C2CCOC2C1(C)C. The molecule has 0 bridgehead atoms. The molecular weight excluding hydrogens is 344 g/mol. The van der Waals surface area contributed by atoms with Crippen LogP contribution in [0, 0.1) is 11.3 Å². The molecule has 2 heterocycles. The maximum Gasteiger partial charge on any atom is 0.191 e. The normalized spacial score (nSPS) is 27.8. The van der Waals surface area contributed by atoms with Crippen molar-refractivity contribution in [2.24, 2.45) is 16.3 Å². The van der Waals surface area contributed by atoms with E-state index in [9.17, 15) is 0 Å². The summed E-state index contributed by atoms with van der Waals surface area (Å²) in [5.74, 6) is 1.53. The fraction of sp³-hybridized carbons (Fsp3) is 0.800. The van der Waals surface area contributed by atoms with Crippen LogP contribution in [0.5, 0.6) is 0 Å². The predicted molar refractivity (Wildman–Crippen MR) is 109 cm³/mol. The van der Waals surface area contributed by atoms with Gasteiger partial charge in [-0.1, -0.05) is 34.6 Å². The molecule has 0 radical (unpaired) electrons. The summed E-state index contributed by atoms with van der Waals surface area (Å²) in [6.45, 7) is 15.8. The van der Waals surface area contributed by atoms with Crippen LogP contribution < -0.4 is 10.6 Å². The van der Waals surface area contributed by atoms with E-state index in [2.05, 4.69) is 57.6 Å². The molecule has 1 aromatic heterocycles. The number of nitrogens with one attached hydrogen (secondary N) is 2. The molecule has 1 aliphatic heterocycles. The van der Waals surface area contributed by atoms with E-state index in [1.54, 1.807) is 11.3 Å². The Labute approximate surface area is 162 Å². The fourth-order valence-electron chi connectivity index (χ4n) is 4.12. The minimum atomic E-state index is 0.115. The van der Waals surface area contributed by atoms with Crippen molar-refractivity contribution >= 4 is 17.3 Å². The van der Waals surface area contributed by atoms with Gasteiger partial charge in [-0.05, 0) is 13.3 Å². The van der Waals surface area contributed by atoms with E-state index < -0.39 is 0 Å². The highest BCUT2D eigenvalue weighted by Crippen LogP contribution is 2.52. The third-order valence-electron chi connectivity index (χ3n) is 5.65.